The van der Waals surface area contributed by atoms with E-state index in [0.29, 0.717) is 22.4 Å². The molecule has 2 heterocycles. The molecule has 0 aromatic carbocycles. The molecule has 0 radical (unpaired) electrons. The van der Waals surface area contributed by atoms with Gasteiger partial charge in [-0.2, -0.15) is 18.2 Å². The molecule has 0 fully saturated rings. The molecule has 0 spiro atoms. The van der Waals surface area contributed by atoms with Gasteiger partial charge in [0.25, 0.3) is 5.56 Å². The van der Waals surface area contributed by atoms with Gasteiger partial charge in [-0.15, -0.1) is 0 Å². The molecule has 1 aliphatic carbocycles. The van der Waals surface area contributed by atoms with Crippen molar-refractivity contribution in [2.45, 2.75) is 6.18 Å². The summed E-state index contributed by atoms with van der Waals surface area (Å²) in [5, 5.41) is 9.64. The Bertz CT molecular complexity index is 1050. The van der Waals surface area contributed by atoms with Gasteiger partial charge in [0.1, 0.15) is 17.4 Å². The molecule has 0 amide bonds. The number of hydrogen-bond donors (Lipinski definition) is 3. The average molecular weight is 378 g/mol. The van der Waals surface area contributed by atoms with Gasteiger partial charge in [0, 0.05) is 11.6 Å². The molecule has 140 valence electrons. The molecule has 2 aromatic rings. The highest BCUT2D eigenvalue weighted by Gasteiger charge is 2.28. The van der Waals surface area contributed by atoms with Gasteiger partial charge in [0.2, 0.25) is 5.88 Å². The van der Waals surface area contributed by atoms with Crippen molar-refractivity contribution in [3.63, 3.8) is 0 Å². The SMILES string of the molecule is C[NH2+]/C=C1/C=C(c2nc3ccc(OCC(F)(F)F)nc3[nH]c2=O)C=CC1=N. The fraction of sp³-hybridized carbons (Fsp3) is 0.176. The topological polar surface area (TPSA) is 108 Å². The predicted molar refractivity (Wildman–Crippen MR) is 92.5 cm³/mol. The Morgan fingerprint density at radius 1 is 1.30 bits per heavy atom. The number of allylic oxidation sites excluding steroid dienone is 5. The van der Waals surface area contributed by atoms with Crippen molar-refractivity contribution in [2.75, 3.05) is 13.7 Å². The van der Waals surface area contributed by atoms with E-state index in [-0.39, 0.29) is 17.2 Å². The molecule has 0 saturated carbocycles. The second kappa shape index (κ2) is 7.16. The van der Waals surface area contributed by atoms with Crippen LogP contribution in [0.4, 0.5) is 13.2 Å². The molecule has 1 aliphatic rings. The number of aromatic amines is 1. The Labute approximate surface area is 150 Å². The monoisotopic (exact) mass is 378 g/mol. The van der Waals surface area contributed by atoms with Crippen LogP contribution in [-0.4, -0.2) is 40.5 Å². The minimum absolute atomic E-state index is 0.0224. The fourth-order valence-electron chi connectivity index (χ4n) is 2.41. The molecule has 0 unspecified atom stereocenters. The van der Waals surface area contributed by atoms with Gasteiger partial charge in [-0.1, -0.05) is 6.08 Å². The Morgan fingerprint density at radius 2 is 2.07 bits per heavy atom. The highest BCUT2D eigenvalue weighted by molar-refractivity contribution is 6.12. The van der Waals surface area contributed by atoms with Crippen LogP contribution in [0.25, 0.3) is 16.7 Å². The number of alkyl halides is 3. The maximum absolute atomic E-state index is 12.4. The van der Waals surface area contributed by atoms with E-state index < -0.39 is 18.3 Å². The Hall–Kier alpha value is -3.27. The number of aromatic nitrogens is 3. The molecule has 7 nitrogen and oxygen atoms in total. The standard InChI is InChI=1S/C17H14F3N5O2/c1-22-7-10-6-9(2-3-11(10)21)14-16(26)25-15-12(23-14)4-5-13(24-15)27-8-17(18,19)20/h2-7,21-22H,8H2,1H3,(H,24,25,26)/p+1/b10-7-,21-11?. The lowest BCUT2D eigenvalue weighted by Gasteiger charge is -2.10. The molecular formula is C17H15F3N5O2+. The quantitative estimate of drug-likeness (QED) is 0.745. The summed E-state index contributed by atoms with van der Waals surface area (Å²) in [7, 11) is 1.82. The van der Waals surface area contributed by atoms with Crippen molar-refractivity contribution in [1.29, 1.82) is 5.41 Å². The van der Waals surface area contributed by atoms with Crippen molar-refractivity contribution in [2.24, 2.45) is 0 Å². The van der Waals surface area contributed by atoms with E-state index in [1.54, 1.807) is 29.7 Å². The normalized spacial score (nSPS) is 16.1. The summed E-state index contributed by atoms with van der Waals surface area (Å²) in [5.41, 5.74) is 1.35. The lowest BCUT2D eigenvalue weighted by atomic mass is 9.99. The smallest absolute Gasteiger partial charge is 0.422 e. The lowest BCUT2D eigenvalue weighted by molar-refractivity contribution is -0.556. The third-order valence-electron chi connectivity index (χ3n) is 3.58. The van der Waals surface area contributed by atoms with E-state index in [1.807, 2.05) is 7.05 Å². The van der Waals surface area contributed by atoms with Crippen molar-refractivity contribution in [3.05, 3.63) is 58.2 Å². The van der Waals surface area contributed by atoms with Gasteiger partial charge < -0.3 is 20.4 Å². The molecular weight excluding hydrogens is 363 g/mol. The fourth-order valence-corrected chi connectivity index (χ4v) is 2.41. The molecule has 2 aromatic heterocycles. The Kier molecular flexibility index (Phi) is 4.91. The number of nitrogens with two attached hydrogens (primary N) is 1. The molecule has 0 aliphatic heterocycles. The number of nitrogens with one attached hydrogen (secondary N) is 2. The number of hydrogen-bond acceptors (Lipinski definition) is 5. The number of ether oxygens (including phenoxy) is 1. The molecule has 0 atom stereocenters. The summed E-state index contributed by atoms with van der Waals surface area (Å²) >= 11 is 0. The first-order valence-corrected chi connectivity index (χ1v) is 7.86. The molecule has 0 bridgehead atoms. The largest absolute Gasteiger partial charge is 0.468 e. The van der Waals surface area contributed by atoms with Crippen molar-refractivity contribution in [1.82, 2.24) is 15.0 Å². The third kappa shape index (κ3) is 4.29. The van der Waals surface area contributed by atoms with Gasteiger partial charge in [-0.25, -0.2) is 4.98 Å². The zero-order valence-corrected chi connectivity index (χ0v) is 14.1. The average Bonchev–Trinajstić information content (AvgIpc) is 2.61. The molecule has 10 heteroatoms. The van der Waals surface area contributed by atoms with E-state index in [2.05, 4.69) is 19.7 Å². The van der Waals surface area contributed by atoms with Crippen LogP contribution in [0, 0.1) is 5.41 Å². The predicted octanol–water partition coefficient (Wildman–Crippen LogP) is 1.31. The van der Waals surface area contributed by atoms with E-state index in [1.165, 1.54) is 12.1 Å². The summed E-state index contributed by atoms with van der Waals surface area (Å²) in [5.74, 6) is -0.265. The number of H-pyrrole nitrogens is 1. The maximum atomic E-state index is 12.4. The first-order chi connectivity index (χ1) is 12.8. The summed E-state index contributed by atoms with van der Waals surface area (Å²) < 4.78 is 41.3. The Morgan fingerprint density at radius 3 is 2.78 bits per heavy atom. The van der Waals surface area contributed by atoms with Crippen LogP contribution in [0.3, 0.4) is 0 Å². The van der Waals surface area contributed by atoms with Crippen LogP contribution in [0.15, 0.2) is 46.9 Å². The first kappa shape index (κ1) is 18.5. The highest BCUT2D eigenvalue weighted by Crippen LogP contribution is 2.21. The van der Waals surface area contributed by atoms with Crippen LogP contribution in [0.2, 0.25) is 0 Å². The second-order valence-electron chi connectivity index (χ2n) is 5.64. The van der Waals surface area contributed by atoms with E-state index in [4.69, 9.17) is 5.41 Å². The highest BCUT2D eigenvalue weighted by atomic mass is 19.4. The maximum Gasteiger partial charge on any atom is 0.422 e. The van der Waals surface area contributed by atoms with E-state index in [9.17, 15) is 18.0 Å². The number of nitrogens with zero attached hydrogens (tertiary/aromatic N) is 2. The summed E-state index contributed by atoms with van der Waals surface area (Å²) in [6.45, 7) is -1.48. The third-order valence-corrected chi connectivity index (χ3v) is 3.58. The number of pyridine rings is 1. The summed E-state index contributed by atoms with van der Waals surface area (Å²) in [6.07, 6.45) is 2.09. The minimum atomic E-state index is -4.49. The Balaban J connectivity index is 1.97. The molecule has 0 saturated heterocycles. The summed E-state index contributed by atoms with van der Waals surface area (Å²) in [4.78, 5) is 23.0. The molecule has 27 heavy (non-hydrogen) atoms. The second-order valence-corrected chi connectivity index (χ2v) is 5.64. The zero-order chi connectivity index (χ0) is 19.6. The minimum Gasteiger partial charge on any atom is -0.468 e. The van der Waals surface area contributed by atoms with Crippen LogP contribution < -0.4 is 15.6 Å². The first-order valence-electron chi connectivity index (χ1n) is 7.86. The van der Waals surface area contributed by atoms with Crippen LogP contribution in [-0.2, 0) is 0 Å². The van der Waals surface area contributed by atoms with E-state index in [0.717, 1.165) is 0 Å². The van der Waals surface area contributed by atoms with Gasteiger partial charge >= 0.3 is 6.18 Å². The number of fused-ring (bicyclic) bond motifs is 1. The van der Waals surface area contributed by atoms with Gasteiger partial charge in [0.05, 0.1) is 18.3 Å². The van der Waals surface area contributed by atoms with Crippen molar-refractivity contribution < 1.29 is 23.2 Å². The van der Waals surface area contributed by atoms with Crippen LogP contribution >= 0.6 is 0 Å². The van der Waals surface area contributed by atoms with Crippen LogP contribution in [0.1, 0.15) is 5.69 Å². The van der Waals surface area contributed by atoms with Crippen molar-refractivity contribution in [3.8, 4) is 5.88 Å². The van der Waals surface area contributed by atoms with Crippen molar-refractivity contribution >= 4 is 22.4 Å². The summed E-state index contributed by atoms with van der Waals surface area (Å²) in [6, 6.07) is 2.67. The van der Waals surface area contributed by atoms with Gasteiger partial charge in [0.15, 0.2) is 12.3 Å². The van der Waals surface area contributed by atoms with Gasteiger partial charge in [-0.3, -0.25) is 4.79 Å². The number of quaternary nitrogens is 1. The van der Waals surface area contributed by atoms with E-state index >= 15 is 0 Å². The van der Waals surface area contributed by atoms with Crippen LogP contribution in [0.5, 0.6) is 5.88 Å². The number of rotatable bonds is 4. The zero-order valence-electron chi connectivity index (χ0n) is 14.1. The van der Waals surface area contributed by atoms with Gasteiger partial charge in [-0.05, 0) is 18.2 Å². The lowest BCUT2D eigenvalue weighted by Crippen LogP contribution is -2.73. The molecule has 3 rings (SSSR count). The number of halogens is 3. The molecule has 4 N–H and O–H groups in total.